The second kappa shape index (κ2) is 8.13. The molecule has 1 heterocycles. The van der Waals surface area contributed by atoms with Crippen LogP contribution in [-0.2, 0) is 11.4 Å². The van der Waals surface area contributed by atoms with Gasteiger partial charge in [0.1, 0.15) is 6.61 Å². The molecule has 3 rings (SSSR count). The van der Waals surface area contributed by atoms with Crippen molar-refractivity contribution in [1.29, 1.82) is 0 Å². The number of methoxy groups -OCH3 is 1. The van der Waals surface area contributed by atoms with Crippen LogP contribution in [0.25, 0.3) is 0 Å². The number of carbonyl (C=O) groups excluding carboxylic acids is 1. The Labute approximate surface area is 155 Å². The Kier molecular flexibility index (Phi) is 5.67. The molecule has 0 unspecified atom stereocenters. The van der Waals surface area contributed by atoms with Crippen LogP contribution in [0.3, 0.4) is 0 Å². The molecular formula is C18H16N2O3S2. The van der Waals surface area contributed by atoms with Gasteiger partial charge in [0.25, 0.3) is 5.91 Å². The molecule has 2 aromatic carbocycles. The second-order valence-corrected chi connectivity index (χ2v) is 6.80. The van der Waals surface area contributed by atoms with E-state index in [1.54, 1.807) is 19.4 Å². The third kappa shape index (κ3) is 4.37. The van der Waals surface area contributed by atoms with Crippen LogP contribution < -0.4 is 9.47 Å². The molecule has 1 aliphatic rings. The molecule has 0 aliphatic carbocycles. The standard InChI is InChI=1S/C18H16N2O3S2/c1-22-16-9-14(10-19-20-17(21)12-25-18(20)24)7-8-15(16)23-11-13-5-3-2-4-6-13/h2-10H,11-12H2,1H3/b19-10+. The number of carbonyl (C=O) groups is 1. The lowest BCUT2D eigenvalue weighted by Crippen LogP contribution is -2.22. The first-order chi connectivity index (χ1) is 12.2. The summed E-state index contributed by atoms with van der Waals surface area (Å²) >= 11 is 6.41. The van der Waals surface area contributed by atoms with Gasteiger partial charge >= 0.3 is 0 Å². The first-order valence-electron chi connectivity index (χ1n) is 7.56. The van der Waals surface area contributed by atoms with Gasteiger partial charge in [-0.25, -0.2) is 0 Å². The van der Waals surface area contributed by atoms with Gasteiger partial charge in [-0.3, -0.25) is 4.79 Å². The molecule has 1 amide bonds. The fourth-order valence-corrected chi connectivity index (χ4v) is 3.17. The Balaban J connectivity index is 1.71. The summed E-state index contributed by atoms with van der Waals surface area (Å²) in [5, 5.41) is 5.40. The van der Waals surface area contributed by atoms with Gasteiger partial charge in [-0.05, 0) is 29.3 Å². The van der Waals surface area contributed by atoms with E-state index in [0.717, 1.165) is 11.1 Å². The van der Waals surface area contributed by atoms with Crippen molar-refractivity contribution < 1.29 is 14.3 Å². The average Bonchev–Trinajstić information content (AvgIpc) is 2.97. The summed E-state index contributed by atoms with van der Waals surface area (Å²) in [5.41, 5.74) is 1.87. The fourth-order valence-electron chi connectivity index (χ4n) is 2.20. The smallest absolute Gasteiger partial charge is 0.259 e. The minimum absolute atomic E-state index is 0.110. The number of thioether (sulfide) groups is 1. The van der Waals surface area contributed by atoms with Gasteiger partial charge in [-0.1, -0.05) is 54.3 Å². The molecule has 0 bridgehead atoms. The van der Waals surface area contributed by atoms with Crippen LogP contribution in [0.1, 0.15) is 11.1 Å². The lowest BCUT2D eigenvalue weighted by atomic mass is 10.2. The lowest BCUT2D eigenvalue weighted by molar-refractivity contribution is -0.123. The van der Waals surface area contributed by atoms with E-state index >= 15 is 0 Å². The molecule has 0 aromatic heterocycles. The predicted octanol–water partition coefficient (Wildman–Crippen LogP) is 3.47. The molecule has 0 spiro atoms. The maximum Gasteiger partial charge on any atom is 0.259 e. The summed E-state index contributed by atoms with van der Waals surface area (Å²) in [6.07, 6.45) is 1.58. The topological polar surface area (TPSA) is 51.1 Å². The maximum absolute atomic E-state index is 11.7. The van der Waals surface area contributed by atoms with Crippen molar-refractivity contribution in [3.8, 4) is 11.5 Å². The molecule has 1 fully saturated rings. The monoisotopic (exact) mass is 372 g/mol. The van der Waals surface area contributed by atoms with E-state index in [4.69, 9.17) is 21.7 Å². The van der Waals surface area contributed by atoms with Crippen LogP contribution in [0.15, 0.2) is 53.6 Å². The summed E-state index contributed by atoms with van der Waals surface area (Å²) < 4.78 is 11.7. The normalized spacial score (nSPS) is 14.4. The van der Waals surface area contributed by atoms with E-state index < -0.39 is 0 Å². The molecule has 25 heavy (non-hydrogen) atoms. The van der Waals surface area contributed by atoms with Crippen molar-refractivity contribution in [2.45, 2.75) is 6.61 Å². The van der Waals surface area contributed by atoms with Gasteiger partial charge in [0.2, 0.25) is 0 Å². The summed E-state index contributed by atoms with van der Waals surface area (Å²) in [6.45, 7) is 0.457. The van der Waals surface area contributed by atoms with Crippen LogP contribution >= 0.6 is 24.0 Å². The maximum atomic E-state index is 11.7. The third-order valence-corrected chi connectivity index (χ3v) is 4.81. The predicted molar refractivity (Wildman–Crippen MR) is 103 cm³/mol. The highest BCUT2D eigenvalue weighted by molar-refractivity contribution is 8.23. The molecule has 0 saturated carbocycles. The zero-order valence-electron chi connectivity index (χ0n) is 13.5. The zero-order chi connectivity index (χ0) is 17.6. The van der Waals surface area contributed by atoms with Crippen LogP contribution in [-0.4, -0.2) is 34.3 Å². The number of hydrogen-bond acceptors (Lipinski definition) is 6. The molecule has 0 radical (unpaired) electrons. The first kappa shape index (κ1) is 17.4. The van der Waals surface area contributed by atoms with E-state index in [2.05, 4.69) is 5.10 Å². The van der Waals surface area contributed by atoms with E-state index in [0.29, 0.717) is 28.2 Å². The zero-order valence-corrected chi connectivity index (χ0v) is 15.2. The van der Waals surface area contributed by atoms with Crippen molar-refractivity contribution in [3.63, 3.8) is 0 Å². The largest absolute Gasteiger partial charge is 0.493 e. The van der Waals surface area contributed by atoms with Crippen molar-refractivity contribution in [2.24, 2.45) is 5.10 Å². The highest BCUT2D eigenvalue weighted by atomic mass is 32.2. The van der Waals surface area contributed by atoms with Crippen LogP contribution in [0.2, 0.25) is 0 Å². The summed E-state index contributed by atoms with van der Waals surface area (Å²) in [6, 6.07) is 15.4. The summed E-state index contributed by atoms with van der Waals surface area (Å²) in [4.78, 5) is 11.7. The van der Waals surface area contributed by atoms with E-state index in [9.17, 15) is 4.79 Å². The highest BCUT2D eigenvalue weighted by Crippen LogP contribution is 2.28. The van der Waals surface area contributed by atoms with Gasteiger partial charge in [0.05, 0.1) is 19.1 Å². The highest BCUT2D eigenvalue weighted by Gasteiger charge is 2.25. The minimum Gasteiger partial charge on any atom is -0.493 e. The van der Waals surface area contributed by atoms with E-state index in [-0.39, 0.29) is 5.91 Å². The summed E-state index contributed by atoms with van der Waals surface area (Å²) in [7, 11) is 1.58. The SMILES string of the molecule is COc1cc(/C=N/N2C(=O)CSC2=S)ccc1OCc1ccccc1. The van der Waals surface area contributed by atoms with E-state index in [1.165, 1.54) is 16.8 Å². The molecule has 7 heteroatoms. The number of benzene rings is 2. The lowest BCUT2D eigenvalue weighted by Gasteiger charge is -2.12. The molecule has 128 valence electrons. The second-order valence-electron chi connectivity index (χ2n) is 5.19. The number of amides is 1. The molecule has 1 saturated heterocycles. The molecular weight excluding hydrogens is 356 g/mol. The number of nitrogens with zero attached hydrogens (tertiary/aromatic N) is 2. The Morgan fingerprint density at radius 2 is 2.04 bits per heavy atom. The molecule has 5 nitrogen and oxygen atoms in total. The quantitative estimate of drug-likeness (QED) is 0.574. The Morgan fingerprint density at radius 1 is 1.24 bits per heavy atom. The van der Waals surface area contributed by atoms with Gasteiger partial charge in [0.15, 0.2) is 15.8 Å². The molecule has 0 N–H and O–H groups in total. The van der Waals surface area contributed by atoms with Crippen molar-refractivity contribution in [3.05, 3.63) is 59.7 Å². The van der Waals surface area contributed by atoms with Gasteiger partial charge in [0, 0.05) is 0 Å². The van der Waals surface area contributed by atoms with Crippen molar-refractivity contribution >= 4 is 40.4 Å². The average molecular weight is 372 g/mol. The number of thiocarbonyl (C=S) groups is 1. The van der Waals surface area contributed by atoms with Gasteiger partial charge < -0.3 is 9.47 Å². The first-order valence-corrected chi connectivity index (χ1v) is 8.95. The van der Waals surface area contributed by atoms with Gasteiger partial charge in [-0.2, -0.15) is 10.1 Å². The van der Waals surface area contributed by atoms with Crippen LogP contribution in [0.4, 0.5) is 0 Å². The Morgan fingerprint density at radius 3 is 2.72 bits per heavy atom. The van der Waals surface area contributed by atoms with E-state index in [1.807, 2.05) is 42.5 Å². The number of hydrogen-bond donors (Lipinski definition) is 0. The van der Waals surface area contributed by atoms with Crippen molar-refractivity contribution in [1.82, 2.24) is 5.01 Å². The van der Waals surface area contributed by atoms with Crippen LogP contribution in [0.5, 0.6) is 11.5 Å². The Bertz CT molecular complexity index is 793. The molecule has 0 atom stereocenters. The van der Waals surface area contributed by atoms with Crippen molar-refractivity contribution in [2.75, 3.05) is 12.9 Å². The van der Waals surface area contributed by atoms with Gasteiger partial charge in [-0.15, -0.1) is 0 Å². The van der Waals surface area contributed by atoms with Crippen LogP contribution in [0, 0.1) is 0 Å². The fraction of sp³-hybridized carbons (Fsp3) is 0.167. The number of rotatable bonds is 6. The molecule has 2 aromatic rings. The molecule has 1 aliphatic heterocycles. The minimum atomic E-state index is -0.110. The Hall–Kier alpha value is -2.38. The third-order valence-electron chi connectivity index (χ3n) is 3.48. The summed E-state index contributed by atoms with van der Waals surface area (Å²) in [5.74, 6) is 1.48. The number of hydrazone groups is 1. The number of ether oxygens (including phenoxy) is 2.